The highest BCUT2D eigenvalue weighted by molar-refractivity contribution is 5.94. The van der Waals surface area contributed by atoms with Crippen LogP contribution in [0.1, 0.15) is 54.9 Å². The first-order valence-corrected chi connectivity index (χ1v) is 8.32. The van der Waals surface area contributed by atoms with Gasteiger partial charge in [-0.2, -0.15) is 0 Å². The van der Waals surface area contributed by atoms with Gasteiger partial charge in [-0.15, -0.1) is 0 Å². The summed E-state index contributed by atoms with van der Waals surface area (Å²) in [5.74, 6) is 0.565. The van der Waals surface area contributed by atoms with Crippen LogP contribution in [0.5, 0.6) is 0 Å². The molecule has 0 spiro atoms. The minimum atomic E-state index is 0.0861. The van der Waals surface area contributed by atoms with Crippen LogP contribution in [0.4, 0.5) is 0 Å². The number of carbonyl (C=O) groups excluding carboxylic acids is 1. The van der Waals surface area contributed by atoms with E-state index in [-0.39, 0.29) is 5.91 Å². The molecule has 0 N–H and O–H groups in total. The van der Waals surface area contributed by atoms with Gasteiger partial charge in [0.1, 0.15) is 0 Å². The number of benzene rings is 1. The van der Waals surface area contributed by atoms with E-state index < -0.39 is 0 Å². The lowest BCUT2D eigenvalue weighted by Crippen LogP contribution is -2.27. The molecule has 0 aliphatic carbocycles. The number of carbonyl (C=O) groups is 1. The zero-order chi connectivity index (χ0) is 17.2. The van der Waals surface area contributed by atoms with E-state index in [1.165, 1.54) is 5.56 Å². The van der Waals surface area contributed by atoms with Crippen molar-refractivity contribution in [3.05, 3.63) is 72.4 Å². The van der Waals surface area contributed by atoms with E-state index in [0.29, 0.717) is 5.92 Å². The Labute approximate surface area is 141 Å². The molecule has 1 aromatic carbocycles. The molecule has 0 radical (unpaired) electrons. The normalized spacial score (nSPS) is 12.6. The van der Waals surface area contributed by atoms with Crippen molar-refractivity contribution in [2.75, 3.05) is 13.6 Å². The molecule has 0 saturated carbocycles. The summed E-state index contributed by atoms with van der Waals surface area (Å²) in [6.07, 6.45) is 8.47. The molecule has 1 aromatic rings. The van der Waals surface area contributed by atoms with Crippen LogP contribution in [-0.4, -0.2) is 24.4 Å². The Kier molecular flexibility index (Phi) is 8.10. The average Bonchev–Trinajstić information content (AvgIpc) is 2.59. The maximum absolute atomic E-state index is 12.6. The minimum absolute atomic E-state index is 0.0861. The predicted molar refractivity (Wildman–Crippen MR) is 99.8 cm³/mol. The van der Waals surface area contributed by atoms with E-state index in [0.717, 1.165) is 36.9 Å². The second-order valence-electron chi connectivity index (χ2n) is 5.95. The van der Waals surface area contributed by atoms with Crippen LogP contribution in [0.15, 0.2) is 61.2 Å². The van der Waals surface area contributed by atoms with Crippen LogP contribution in [0.3, 0.4) is 0 Å². The van der Waals surface area contributed by atoms with Crippen molar-refractivity contribution in [2.24, 2.45) is 0 Å². The van der Waals surface area contributed by atoms with Crippen LogP contribution < -0.4 is 0 Å². The van der Waals surface area contributed by atoms with E-state index in [4.69, 9.17) is 0 Å². The summed E-state index contributed by atoms with van der Waals surface area (Å²) in [6.45, 7) is 12.6. The zero-order valence-electron chi connectivity index (χ0n) is 14.7. The van der Waals surface area contributed by atoms with Crippen molar-refractivity contribution in [2.45, 2.75) is 39.0 Å². The highest BCUT2D eigenvalue weighted by Crippen LogP contribution is 2.20. The van der Waals surface area contributed by atoms with E-state index in [2.05, 4.69) is 33.1 Å². The van der Waals surface area contributed by atoms with Gasteiger partial charge in [0.2, 0.25) is 0 Å². The van der Waals surface area contributed by atoms with Gasteiger partial charge in [0.15, 0.2) is 0 Å². The quantitative estimate of drug-likeness (QED) is 0.563. The molecule has 0 fully saturated rings. The van der Waals surface area contributed by atoms with Crippen molar-refractivity contribution in [3.63, 3.8) is 0 Å². The standard InChI is InChI=1S/C21H29NO/c1-6-11-18(8-3)12-10-15-22(5)21(23)20-14-9-13-19(16-20)17(4)7-2/h6,8-9,11,13-14,16-17H,1,3,7,10,12,15H2,2,4-5H3/b18-11+. The molecule has 1 unspecified atom stereocenters. The Hall–Kier alpha value is -2.09. The summed E-state index contributed by atoms with van der Waals surface area (Å²) in [5.41, 5.74) is 3.16. The second kappa shape index (κ2) is 9.83. The number of amides is 1. The Morgan fingerprint density at radius 2 is 2.09 bits per heavy atom. The molecule has 1 amide bonds. The van der Waals surface area contributed by atoms with Gasteiger partial charge in [0.05, 0.1) is 0 Å². The molecular weight excluding hydrogens is 282 g/mol. The molecule has 0 saturated heterocycles. The summed E-state index contributed by atoms with van der Waals surface area (Å²) in [7, 11) is 1.86. The molecule has 1 rings (SSSR count). The van der Waals surface area contributed by atoms with Gasteiger partial charge >= 0.3 is 0 Å². The zero-order valence-corrected chi connectivity index (χ0v) is 14.7. The molecule has 0 aliphatic rings. The summed E-state index contributed by atoms with van der Waals surface area (Å²) in [4.78, 5) is 14.3. The van der Waals surface area contributed by atoms with Gasteiger partial charge < -0.3 is 4.90 Å². The number of hydrogen-bond acceptors (Lipinski definition) is 1. The van der Waals surface area contributed by atoms with Gasteiger partial charge in [-0.3, -0.25) is 4.79 Å². The molecule has 124 valence electrons. The molecule has 0 heterocycles. The summed E-state index contributed by atoms with van der Waals surface area (Å²) < 4.78 is 0. The highest BCUT2D eigenvalue weighted by Gasteiger charge is 2.13. The molecule has 23 heavy (non-hydrogen) atoms. The lowest BCUT2D eigenvalue weighted by Gasteiger charge is -2.18. The van der Waals surface area contributed by atoms with Crippen LogP contribution in [0.2, 0.25) is 0 Å². The summed E-state index contributed by atoms with van der Waals surface area (Å²) in [5, 5.41) is 0. The Bertz CT molecular complexity index is 571. The van der Waals surface area contributed by atoms with Crippen molar-refractivity contribution in [3.8, 4) is 0 Å². The minimum Gasteiger partial charge on any atom is -0.342 e. The largest absolute Gasteiger partial charge is 0.342 e. The van der Waals surface area contributed by atoms with Crippen LogP contribution in [0, 0.1) is 0 Å². The lowest BCUT2D eigenvalue weighted by atomic mass is 9.96. The monoisotopic (exact) mass is 311 g/mol. The summed E-state index contributed by atoms with van der Waals surface area (Å²) >= 11 is 0. The van der Waals surface area contributed by atoms with Gasteiger partial charge in [-0.25, -0.2) is 0 Å². The third-order valence-corrected chi connectivity index (χ3v) is 4.21. The van der Waals surface area contributed by atoms with E-state index in [1.807, 2.05) is 37.4 Å². The van der Waals surface area contributed by atoms with Crippen molar-refractivity contribution >= 4 is 5.91 Å². The number of allylic oxidation sites excluding steroid dienone is 4. The van der Waals surface area contributed by atoms with Gasteiger partial charge in [0, 0.05) is 19.2 Å². The fourth-order valence-electron chi connectivity index (χ4n) is 2.46. The van der Waals surface area contributed by atoms with E-state index in [1.54, 1.807) is 11.0 Å². The van der Waals surface area contributed by atoms with Crippen molar-refractivity contribution in [1.29, 1.82) is 0 Å². The number of rotatable bonds is 9. The predicted octanol–water partition coefficient (Wildman–Crippen LogP) is 5.35. The highest BCUT2D eigenvalue weighted by atomic mass is 16.2. The smallest absolute Gasteiger partial charge is 0.253 e. The van der Waals surface area contributed by atoms with Gasteiger partial charge in [-0.05, 0) is 48.4 Å². The molecule has 0 aliphatic heterocycles. The summed E-state index contributed by atoms with van der Waals surface area (Å²) in [6, 6.07) is 8.00. The van der Waals surface area contributed by atoms with Crippen molar-refractivity contribution < 1.29 is 4.79 Å². The van der Waals surface area contributed by atoms with Gasteiger partial charge in [0.25, 0.3) is 5.91 Å². The molecule has 0 bridgehead atoms. The second-order valence-corrected chi connectivity index (χ2v) is 5.95. The molecule has 1 atom stereocenters. The number of hydrogen-bond donors (Lipinski definition) is 0. The first-order chi connectivity index (χ1) is 11.0. The number of nitrogens with zero attached hydrogens (tertiary/aromatic N) is 1. The van der Waals surface area contributed by atoms with E-state index in [9.17, 15) is 4.79 Å². The Morgan fingerprint density at radius 1 is 1.35 bits per heavy atom. The fourth-order valence-corrected chi connectivity index (χ4v) is 2.46. The average molecular weight is 311 g/mol. The first-order valence-electron chi connectivity index (χ1n) is 8.32. The third-order valence-electron chi connectivity index (χ3n) is 4.21. The topological polar surface area (TPSA) is 20.3 Å². The van der Waals surface area contributed by atoms with Crippen molar-refractivity contribution in [1.82, 2.24) is 4.90 Å². The fraction of sp³-hybridized carbons (Fsp3) is 0.381. The van der Waals surface area contributed by atoms with Crippen LogP contribution in [-0.2, 0) is 0 Å². The SMILES string of the molecule is C=C/C=C(\C=C)CCCN(C)C(=O)c1cccc(C(C)CC)c1. The first kappa shape index (κ1) is 19.0. The molecule has 2 nitrogen and oxygen atoms in total. The lowest BCUT2D eigenvalue weighted by molar-refractivity contribution is 0.0793. The maximum atomic E-state index is 12.6. The molecular formula is C21H29NO. The molecule has 0 aromatic heterocycles. The third kappa shape index (κ3) is 5.90. The Balaban J connectivity index is 2.65. The molecule has 2 heteroatoms. The van der Waals surface area contributed by atoms with Crippen LogP contribution >= 0.6 is 0 Å². The van der Waals surface area contributed by atoms with Gasteiger partial charge in [-0.1, -0.05) is 57.4 Å². The Morgan fingerprint density at radius 3 is 2.70 bits per heavy atom. The van der Waals surface area contributed by atoms with Crippen LogP contribution in [0.25, 0.3) is 0 Å². The maximum Gasteiger partial charge on any atom is 0.253 e. The van der Waals surface area contributed by atoms with E-state index >= 15 is 0 Å².